The van der Waals surface area contributed by atoms with Crippen LogP contribution in [0.3, 0.4) is 0 Å². The Morgan fingerprint density at radius 3 is 2.69 bits per heavy atom. The molecule has 5 heteroatoms. The Bertz CT molecular complexity index is 339. The van der Waals surface area contributed by atoms with Gasteiger partial charge in [-0.15, -0.1) is 0 Å². The minimum atomic E-state index is -2.63. The third-order valence-corrected chi connectivity index (χ3v) is 1.63. The molecule has 0 unspecified atom stereocenters. The Kier molecular flexibility index (Phi) is 2.55. The Balaban J connectivity index is 3.19. The number of carbonyl (C=O) groups excluding carboxylic acids is 1. The summed E-state index contributed by atoms with van der Waals surface area (Å²) in [6, 6.07) is 1.06. The van der Waals surface area contributed by atoms with Gasteiger partial charge in [-0.05, 0) is 13.0 Å². The number of pyridine rings is 1. The third-order valence-electron chi connectivity index (χ3n) is 1.63. The van der Waals surface area contributed by atoms with Gasteiger partial charge in [-0.1, -0.05) is 0 Å². The second-order valence-electron chi connectivity index (χ2n) is 2.57. The van der Waals surface area contributed by atoms with Crippen LogP contribution in [-0.2, 0) is 0 Å². The Morgan fingerprint density at radius 1 is 1.62 bits per heavy atom. The summed E-state index contributed by atoms with van der Waals surface area (Å²) in [6.45, 7) is 1.54. The number of hydrogen-bond acceptors (Lipinski definition) is 2. The lowest BCUT2D eigenvalue weighted by Gasteiger charge is -2.03. The molecule has 0 aliphatic rings. The largest absolute Gasteiger partial charge is 0.366 e. The number of alkyl halides is 2. The molecule has 0 saturated carbocycles. The van der Waals surface area contributed by atoms with E-state index in [0.29, 0.717) is 5.69 Å². The molecule has 0 aromatic carbocycles. The molecule has 1 aromatic heterocycles. The first-order valence-electron chi connectivity index (χ1n) is 3.57. The van der Waals surface area contributed by atoms with Crippen molar-refractivity contribution < 1.29 is 13.6 Å². The molecule has 1 aromatic rings. The van der Waals surface area contributed by atoms with Gasteiger partial charge < -0.3 is 5.73 Å². The lowest BCUT2D eigenvalue weighted by Crippen LogP contribution is -2.14. The maximum Gasteiger partial charge on any atom is 0.265 e. The number of aryl methyl sites for hydroxylation is 1. The van der Waals surface area contributed by atoms with Crippen LogP contribution in [0.5, 0.6) is 0 Å². The molecule has 2 N–H and O–H groups in total. The summed E-state index contributed by atoms with van der Waals surface area (Å²) in [4.78, 5) is 14.4. The first-order valence-corrected chi connectivity index (χ1v) is 3.57. The highest BCUT2D eigenvalue weighted by atomic mass is 19.3. The summed E-state index contributed by atoms with van der Waals surface area (Å²) < 4.78 is 24.3. The van der Waals surface area contributed by atoms with Crippen LogP contribution in [0.4, 0.5) is 8.78 Å². The minimum Gasteiger partial charge on any atom is -0.366 e. The van der Waals surface area contributed by atoms with Crippen molar-refractivity contribution in [1.82, 2.24) is 4.98 Å². The molecule has 0 atom stereocenters. The van der Waals surface area contributed by atoms with Gasteiger partial charge in [0, 0.05) is 17.5 Å². The zero-order chi connectivity index (χ0) is 10.0. The lowest BCUT2D eigenvalue weighted by atomic mass is 10.1. The molecule has 0 spiro atoms. The Labute approximate surface area is 73.6 Å². The van der Waals surface area contributed by atoms with E-state index in [1.165, 1.54) is 6.92 Å². The van der Waals surface area contributed by atoms with E-state index >= 15 is 0 Å². The number of nitrogens with zero attached hydrogens (tertiary/aromatic N) is 1. The van der Waals surface area contributed by atoms with E-state index in [9.17, 15) is 13.6 Å². The van der Waals surface area contributed by atoms with Gasteiger partial charge in [0.15, 0.2) is 0 Å². The van der Waals surface area contributed by atoms with E-state index in [0.717, 1.165) is 12.3 Å². The van der Waals surface area contributed by atoms with E-state index in [4.69, 9.17) is 5.73 Å². The SMILES string of the molecule is Cc1ncc(C(F)F)cc1C(N)=O. The second-order valence-corrected chi connectivity index (χ2v) is 2.57. The predicted molar refractivity (Wildman–Crippen MR) is 42.4 cm³/mol. The minimum absolute atomic E-state index is 0.0396. The summed E-state index contributed by atoms with van der Waals surface area (Å²) in [5.41, 5.74) is 5.07. The van der Waals surface area contributed by atoms with Crippen LogP contribution in [0.2, 0.25) is 0 Å². The fraction of sp³-hybridized carbons (Fsp3) is 0.250. The van der Waals surface area contributed by atoms with Gasteiger partial charge in [0.1, 0.15) is 0 Å². The van der Waals surface area contributed by atoms with Crippen LogP contribution >= 0.6 is 0 Å². The average Bonchev–Trinajstić information content (AvgIpc) is 2.04. The lowest BCUT2D eigenvalue weighted by molar-refractivity contribution is 0.0998. The Morgan fingerprint density at radius 2 is 2.23 bits per heavy atom. The third kappa shape index (κ3) is 1.99. The summed E-state index contributed by atoms with van der Waals surface area (Å²) in [6.07, 6.45) is -1.60. The van der Waals surface area contributed by atoms with Crippen molar-refractivity contribution in [2.24, 2.45) is 5.73 Å². The Hall–Kier alpha value is -1.52. The van der Waals surface area contributed by atoms with Crippen LogP contribution < -0.4 is 5.73 Å². The van der Waals surface area contributed by atoms with Crippen molar-refractivity contribution in [3.05, 3.63) is 29.1 Å². The molecule has 1 heterocycles. The van der Waals surface area contributed by atoms with Crippen molar-refractivity contribution in [2.75, 3.05) is 0 Å². The quantitative estimate of drug-likeness (QED) is 0.759. The molecule has 1 amide bonds. The maximum absolute atomic E-state index is 12.2. The topological polar surface area (TPSA) is 56.0 Å². The first kappa shape index (κ1) is 9.57. The van der Waals surface area contributed by atoms with Gasteiger partial charge in [-0.3, -0.25) is 9.78 Å². The van der Waals surface area contributed by atoms with Crippen molar-refractivity contribution in [3.8, 4) is 0 Å². The summed E-state index contributed by atoms with van der Waals surface area (Å²) in [5.74, 6) is -0.743. The molecule has 0 radical (unpaired) electrons. The molecule has 0 fully saturated rings. The van der Waals surface area contributed by atoms with Crippen molar-refractivity contribution >= 4 is 5.91 Å². The molecule has 0 aliphatic carbocycles. The van der Waals surface area contributed by atoms with E-state index in [1.54, 1.807) is 0 Å². The van der Waals surface area contributed by atoms with Crippen LogP contribution in [-0.4, -0.2) is 10.9 Å². The zero-order valence-corrected chi connectivity index (χ0v) is 6.92. The summed E-state index contributed by atoms with van der Waals surface area (Å²) in [5, 5.41) is 0. The highest BCUT2D eigenvalue weighted by Crippen LogP contribution is 2.19. The van der Waals surface area contributed by atoms with Crippen molar-refractivity contribution in [2.45, 2.75) is 13.3 Å². The first-order chi connectivity index (χ1) is 6.02. The van der Waals surface area contributed by atoms with Crippen molar-refractivity contribution in [3.63, 3.8) is 0 Å². The smallest absolute Gasteiger partial charge is 0.265 e. The average molecular weight is 186 g/mol. The monoisotopic (exact) mass is 186 g/mol. The van der Waals surface area contributed by atoms with Gasteiger partial charge in [-0.25, -0.2) is 8.78 Å². The van der Waals surface area contributed by atoms with E-state index in [-0.39, 0.29) is 11.1 Å². The number of hydrogen-bond donors (Lipinski definition) is 1. The molecule has 0 bridgehead atoms. The molecule has 13 heavy (non-hydrogen) atoms. The van der Waals surface area contributed by atoms with E-state index in [1.807, 2.05) is 0 Å². The fourth-order valence-electron chi connectivity index (χ4n) is 0.918. The maximum atomic E-state index is 12.2. The number of aromatic nitrogens is 1. The van der Waals surface area contributed by atoms with Crippen molar-refractivity contribution in [1.29, 1.82) is 0 Å². The number of halogens is 2. The van der Waals surface area contributed by atoms with Gasteiger partial charge >= 0.3 is 0 Å². The van der Waals surface area contributed by atoms with E-state index < -0.39 is 12.3 Å². The number of rotatable bonds is 2. The molecule has 0 aliphatic heterocycles. The standard InChI is InChI=1S/C8H8F2N2O/c1-4-6(8(11)13)2-5(3-12-4)7(9)10/h2-3,7H,1H3,(H2,11,13). The summed E-state index contributed by atoms with van der Waals surface area (Å²) >= 11 is 0. The predicted octanol–water partition coefficient (Wildman–Crippen LogP) is 1.43. The molecule has 70 valence electrons. The van der Waals surface area contributed by atoms with Gasteiger partial charge in [0.05, 0.1) is 5.56 Å². The molecule has 3 nitrogen and oxygen atoms in total. The van der Waals surface area contributed by atoms with Gasteiger partial charge in [0.25, 0.3) is 12.3 Å². The van der Waals surface area contributed by atoms with Crippen LogP contribution in [0, 0.1) is 6.92 Å². The zero-order valence-electron chi connectivity index (χ0n) is 6.92. The van der Waals surface area contributed by atoms with Gasteiger partial charge in [0.2, 0.25) is 0 Å². The fourth-order valence-corrected chi connectivity index (χ4v) is 0.918. The van der Waals surface area contributed by atoms with Gasteiger partial charge in [-0.2, -0.15) is 0 Å². The second kappa shape index (κ2) is 3.47. The van der Waals surface area contributed by atoms with Crippen LogP contribution in [0.15, 0.2) is 12.3 Å². The molecule has 0 saturated heterocycles. The summed E-state index contributed by atoms with van der Waals surface area (Å²) in [7, 11) is 0. The number of primary amides is 1. The highest BCUT2D eigenvalue weighted by molar-refractivity contribution is 5.93. The van der Waals surface area contributed by atoms with E-state index in [2.05, 4.69) is 4.98 Å². The normalized spacial score (nSPS) is 10.5. The van der Waals surface area contributed by atoms with Crippen LogP contribution in [0.1, 0.15) is 28.0 Å². The highest BCUT2D eigenvalue weighted by Gasteiger charge is 2.12. The number of nitrogens with two attached hydrogens (primary N) is 1. The molecular weight excluding hydrogens is 178 g/mol. The van der Waals surface area contributed by atoms with Crippen LogP contribution in [0.25, 0.3) is 0 Å². The molecule has 1 rings (SSSR count). The number of amides is 1. The number of carbonyl (C=O) groups is 1. The molecular formula is C8H8F2N2O.